The lowest BCUT2D eigenvalue weighted by Gasteiger charge is -2.32. The highest BCUT2D eigenvalue weighted by atomic mass is 19.1. The maximum Gasteiger partial charge on any atom is 0.248 e. The van der Waals surface area contributed by atoms with Crippen molar-refractivity contribution in [3.8, 4) is 11.1 Å². The molecule has 0 radical (unpaired) electrons. The normalized spacial score (nSPS) is 16.5. The number of likely N-dealkylation sites (tertiary alicyclic amines) is 1. The van der Waals surface area contributed by atoms with Gasteiger partial charge >= 0.3 is 0 Å². The molecule has 1 aliphatic rings. The smallest absolute Gasteiger partial charge is 0.248 e. The molecule has 7 heteroatoms. The van der Waals surface area contributed by atoms with Crippen molar-refractivity contribution in [1.82, 2.24) is 9.88 Å². The molecule has 3 aromatic rings. The molecule has 1 aromatic heterocycles. The molecule has 2 aromatic carbocycles. The third kappa shape index (κ3) is 5.36. The first-order chi connectivity index (χ1) is 15.5. The first kappa shape index (κ1) is 21.6. The second kappa shape index (κ2) is 9.70. The third-order valence-electron chi connectivity index (χ3n) is 5.69. The van der Waals surface area contributed by atoms with Gasteiger partial charge < -0.3 is 11.1 Å². The highest BCUT2D eigenvalue weighted by molar-refractivity contribution is 5.94. The van der Waals surface area contributed by atoms with Gasteiger partial charge in [-0.1, -0.05) is 18.2 Å². The van der Waals surface area contributed by atoms with Gasteiger partial charge in [-0.2, -0.15) is 0 Å². The molecular formula is C25H25FN4O2. The van der Waals surface area contributed by atoms with Gasteiger partial charge in [0.15, 0.2) is 0 Å². The third-order valence-corrected chi connectivity index (χ3v) is 5.69. The second-order valence-corrected chi connectivity index (χ2v) is 8.05. The number of aromatic nitrogens is 1. The number of hydrogen-bond donors (Lipinski definition) is 2. The fourth-order valence-corrected chi connectivity index (χ4v) is 4.05. The Hall–Kier alpha value is -3.58. The Morgan fingerprint density at radius 1 is 1.09 bits per heavy atom. The number of anilines is 1. The van der Waals surface area contributed by atoms with Crippen molar-refractivity contribution in [2.24, 2.45) is 5.73 Å². The molecule has 6 nitrogen and oxygen atoms in total. The minimum Gasteiger partial charge on any atom is -0.366 e. The Bertz CT molecular complexity index is 1100. The van der Waals surface area contributed by atoms with E-state index in [1.54, 1.807) is 30.3 Å². The molecule has 0 aliphatic carbocycles. The molecule has 1 aliphatic heterocycles. The van der Waals surface area contributed by atoms with E-state index in [-0.39, 0.29) is 24.2 Å². The summed E-state index contributed by atoms with van der Waals surface area (Å²) in [5.41, 5.74) is 9.23. The van der Waals surface area contributed by atoms with E-state index in [2.05, 4.69) is 15.2 Å². The quantitative estimate of drug-likeness (QED) is 0.620. The molecule has 1 unspecified atom stereocenters. The number of nitrogens with zero attached hydrogens (tertiary/aromatic N) is 2. The molecule has 164 valence electrons. The summed E-state index contributed by atoms with van der Waals surface area (Å²) in [4.78, 5) is 30.6. The van der Waals surface area contributed by atoms with Crippen molar-refractivity contribution in [2.75, 3.05) is 25.0 Å². The van der Waals surface area contributed by atoms with E-state index in [0.29, 0.717) is 11.3 Å². The topological polar surface area (TPSA) is 88.3 Å². The molecular weight excluding hydrogens is 407 g/mol. The van der Waals surface area contributed by atoms with Crippen molar-refractivity contribution in [2.45, 2.75) is 18.8 Å². The number of nitrogens with two attached hydrogens (primary N) is 1. The average molecular weight is 432 g/mol. The summed E-state index contributed by atoms with van der Waals surface area (Å²) in [6.45, 7) is 1.89. The molecule has 3 N–H and O–H groups in total. The van der Waals surface area contributed by atoms with Gasteiger partial charge in [0.2, 0.25) is 11.8 Å². The van der Waals surface area contributed by atoms with Crippen molar-refractivity contribution in [1.29, 1.82) is 0 Å². The molecule has 2 amide bonds. The molecule has 0 spiro atoms. The number of rotatable bonds is 6. The van der Waals surface area contributed by atoms with Crippen LogP contribution in [-0.2, 0) is 4.79 Å². The van der Waals surface area contributed by atoms with Gasteiger partial charge in [0.25, 0.3) is 0 Å². The van der Waals surface area contributed by atoms with E-state index >= 15 is 0 Å². The summed E-state index contributed by atoms with van der Waals surface area (Å²) in [6, 6.07) is 17.0. The number of piperidine rings is 1. The molecule has 1 saturated heterocycles. The number of benzene rings is 2. The minimum absolute atomic E-state index is 0.116. The van der Waals surface area contributed by atoms with Crippen LogP contribution >= 0.6 is 0 Å². The molecule has 0 bridgehead atoms. The standard InChI is InChI=1S/C25H25FN4O2/c26-21-7-9-22(10-8-21)29-24(31)16-30-12-2-5-20(15-30)23-11-6-19(14-28-23)17-3-1-4-18(13-17)25(27)32/h1,3-4,6-11,13-14,20H,2,5,12,15-16H2,(H2,27,32)(H,29,31). The zero-order chi connectivity index (χ0) is 22.5. The minimum atomic E-state index is -0.456. The molecule has 32 heavy (non-hydrogen) atoms. The highest BCUT2D eigenvalue weighted by Crippen LogP contribution is 2.27. The molecule has 4 rings (SSSR count). The van der Waals surface area contributed by atoms with Crippen molar-refractivity contribution < 1.29 is 14.0 Å². The van der Waals surface area contributed by atoms with Crippen LogP contribution in [0.4, 0.5) is 10.1 Å². The van der Waals surface area contributed by atoms with Crippen LogP contribution in [0.15, 0.2) is 66.9 Å². The maximum absolute atomic E-state index is 13.0. The molecule has 2 heterocycles. The largest absolute Gasteiger partial charge is 0.366 e. The lowest BCUT2D eigenvalue weighted by atomic mass is 9.93. The Kier molecular flexibility index (Phi) is 6.56. The fraction of sp³-hybridized carbons (Fsp3) is 0.240. The van der Waals surface area contributed by atoms with Gasteiger partial charge in [0, 0.05) is 41.2 Å². The first-order valence-corrected chi connectivity index (χ1v) is 10.6. The van der Waals surface area contributed by atoms with Crippen LogP contribution < -0.4 is 11.1 Å². The Balaban J connectivity index is 1.37. The SMILES string of the molecule is NC(=O)c1cccc(-c2ccc(C3CCCN(CC(=O)Nc4ccc(F)cc4)C3)nc2)c1. The summed E-state index contributed by atoms with van der Waals surface area (Å²) in [5.74, 6) is -0.661. The monoisotopic (exact) mass is 432 g/mol. The number of amides is 2. The second-order valence-electron chi connectivity index (χ2n) is 8.05. The zero-order valence-corrected chi connectivity index (χ0v) is 17.6. The predicted octanol–water partition coefficient (Wildman–Crippen LogP) is 3.80. The van der Waals surface area contributed by atoms with Crippen LogP contribution in [0.2, 0.25) is 0 Å². The number of carbonyl (C=O) groups excluding carboxylic acids is 2. The Morgan fingerprint density at radius 2 is 1.91 bits per heavy atom. The summed E-state index contributed by atoms with van der Waals surface area (Å²) >= 11 is 0. The highest BCUT2D eigenvalue weighted by Gasteiger charge is 2.24. The zero-order valence-electron chi connectivity index (χ0n) is 17.6. The number of carbonyl (C=O) groups is 2. The van der Waals surface area contributed by atoms with E-state index in [4.69, 9.17) is 5.73 Å². The van der Waals surface area contributed by atoms with Gasteiger partial charge in [-0.25, -0.2) is 4.39 Å². The molecule has 1 fully saturated rings. The predicted molar refractivity (Wildman–Crippen MR) is 122 cm³/mol. The van der Waals surface area contributed by atoms with Crippen LogP contribution in [0.5, 0.6) is 0 Å². The van der Waals surface area contributed by atoms with E-state index < -0.39 is 5.91 Å². The van der Waals surface area contributed by atoms with Gasteiger partial charge in [-0.15, -0.1) is 0 Å². The van der Waals surface area contributed by atoms with Gasteiger partial charge in [0.1, 0.15) is 5.82 Å². The Morgan fingerprint density at radius 3 is 2.62 bits per heavy atom. The van der Waals surface area contributed by atoms with Crippen LogP contribution in [0.3, 0.4) is 0 Å². The number of pyridine rings is 1. The maximum atomic E-state index is 13.0. The number of halogens is 1. The van der Waals surface area contributed by atoms with Crippen LogP contribution in [0, 0.1) is 5.82 Å². The van der Waals surface area contributed by atoms with Crippen molar-refractivity contribution in [3.63, 3.8) is 0 Å². The molecule has 1 atom stereocenters. The van der Waals surface area contributed by atoms with Crippen LogP contribution in [-0.4, -0.2) is 41.3 Å². The van der Waals surface area contributed by atoms with Crippen molar-refractivity contribution >= 4 is 17.5 Å². The van der Waals surface area contributed by atoms with E-state index in [9.17, 15) is 14.0 Å². The lowest BCUT2D eigenvalue weighted by molar-refractivity contribution is -0.117. The number of hydrogen-bond acceptors (Lipinski definition) is 4. The van der Waals surface area contributed by atoms with Gasteiger partial charge in [0.05, 0.1) is 6.54 Å². The van der Waals surface area contributed by atoms with Crippen LogP contribution in [0.1, 0.15) is 34.8 Å². The number of nitrogens with one attached hydrogen (secondary N) is 1. The fourth-order valence-electron chi connectivity index (χ4n) is 4.05. The van der Waals surface area contributed by atoms with Crippen LogP contribution in [0.25, 0.3) is 11.1 Å². The van der Waals surface area contributed by atoms with Gasteiger partial charge in [-0.05, 0) is 67.4 Å². The Labute approximate surface area is 186 Å². The van der Waals surface area contributed by atoms with E-state index in [1.807, 2.05) is 24.4 Å². The average Bonchev–Trinajstić information content (AvgIpc) is 2.81. The first-order valence-electron chi connectivity index (χ1n) is 10.6. The van der Waals surface area contributed by atoms with Crippen molar-refractivity contribution in [3.05, 3.63) is 83.9 Å². The number of primary amides is 1. The molecule has 0 saturated carbocycles. The summed E-state index contributed by atoms with van der Waals surface area (Å²) in [7, 11) is 0. The van der Waals surface area contributed by atoms with E-state index in [1.165, 1.54) is 12.1 Å². The summed E-state index contributed by atoms with van der Waals surface area (Å²) in [5, 5.41) is 2.81. The van der Waals surface area contributed by atoms with E-state index in [0.717, 1.165) is 42.8 Å². The summed E-state index contributed by atoms with van der Waals surface area (Å²) < 4.78 is 13.0. The van der Waals surface area contributed by atoms with Gasteiger partial charge in [-0.3, -0.25) is 19.5 Å². The lowest BCUT2D eigenvalue weighted by Crippen LogP contribution is -2.40. The summed E-state index contributed by atoms with van der Waals surface area (Å²) in [6.07, 6.45) is 3.81.